The first-order chi connectivity index (χ1) is 61.6. The Kier molecular flexibility index (Phi) is 23.2. The summed E-state index contributed by atoms with van der Waals surface area (Å²) in [5, 5.41) is 47.4. The summed E-state index contributed by atoms with van der Waals surface area (Å²) in [6, 6.07) is 32.6. The fourth-order valence-corrected chi connectivity index (χ4v) is 19.7. The van der Waals surface area contributed by atoms with Gasteiger partial charge in [-0.05, 0) is 222 Å². The number of aromatic amines is 2. The highest BCUT2D eigenvalue weighted by Crippen LogP contribution is 2.41. The van der Waals surface area contributed by atoms with Crippen LogP contribution in [-0.2, 0) is 90.4 Å². The van der Waals surface area contributed by atoms with Crippen molar-refractivity contribution in [2.45, 2.75) is 163 Å². The fourth-order valence-electron chi connectivity index (χ4n) is 18.3. The van der Waals surface area contributed by atoms with E-state index in [-0.39, 0.29) is 105 Å². The van der Waals surface area contributed by atoms with Gasteiger partial charge in [0.25, 0.3) is 34.4 Å². The first-order valence-electron chi connectivity index (χ1n) is 42.1. The Labute approximate surface area is 762 Å². The number of aryl methyl sites for hydroxylation is 3. The van der Waals surface area contributed by atoms with Crippen molar-refractivity contribution in [3.8, 4) is 51.0 Å². The number of carbonyl (C=O) groups excluding carboxylic acids is 3. The number of halogens is 10. The molecule has 129 heavy (non-hydrogen) atoms. The third kappa shape index (κ3) is 16.2. The maximum Gasteiger partial charge on any atom is 0.417 e. The first-order valence-corrected chi connectivity index (χ1v) is 44.9. The Morgan fingerprint density at radius 2 is 0.822 bits per heavy atom. The van der Waals surface area contributed by atoms with E-state index in [0.717, 1.165) is 28.8 Å². The molecule has 0 radical (unpaired) electrons. The quantitative estimate of drug-likeness (QED) is 0.0632. The molecule has 9 aromatic heterocycles. The van der Waals surface area contributed by atoms with Crippen molar-refractivity contribution < 1.29 is 40.7 Å². The van der Waals surface area contributed by atoms with Crippen molar-refractivity contribution in [1.82, 2.24) is 103 Å². The Hall–Kier alpha value is -12.3. The standard InChI is InChI=1S/C92H83Br3ClF6N21O6/c1-47(2)31-59-40-104-121-76-45-117(87(126)58-19-28-72(95)73(96)39-58)52(7)36-65(76)88(127)118(82(59)121)62-20-11-53(12-21-62)79-74(107-112-109-79)29-9-48(3)32-60-41-105-122-77-43-115(85(124)56-17-26-70(93)68(37-56)91(97,98)99)50(5)34-66(77)89(128)119(83(60)122)63-22-13-54(14-23-63)80-75(108-113-110-80)30-10-49(4)33-61-42-106-123-78-44-116(86(125)57-18-27-71(94)69(38-57)92(100,101)102)51(6)35-67(78)90(129)120(84(61)123)64-24-15-55(16-25-64)81-111-103-46-114(81)8/h11-28,37-42,46-52H,9-10,29-36,43-45H2,1-8H3,(H,107,109,112)(H,108,110,113). The van der Waals surface area contributed by atoms with E-state index in [1.807, 2.05) is 91.3 Å². The van der Waals surface area contributed by atoms with Gasteiger partial charge in [0.1, 0.15) is 23.3 Å². The van der Waals surface area contributed by atoms with Crippen molar-refractivity contribution in [3.63, 3.8) is 0 Å². The summed E-state index contributed by atoms with van der Waals surface area (Å²) in [4.78, 5) is 93.8. The zero-order chi connectivity index (χ0) is 90.8. The van der Waals surface area contributed by atoms with Crippen LogP contribution in [0.4, 0.5) is 26.3 Å². The van der Waals surface area contributed by atoms with Gasteiger partial charge >= 0.3 is 12.4 Å². The van der Waals surface area contributed by atoms with E-state index in [1.54, 1.807) is 89.2 Å². The van der Waals surface area contributed by atoms with Crippen molar-refractivity contribution in [1.29, 1.82) is 0 Å². The van der Waals surface area contributed by atoms with Gasteiger partial charge in [-0.3, -0.25) is 52.7 Å². The number of alkyl halides is 6. The lowest BCUT2D eigenvalue weighted by Crippen LogP contribution is -2.46. The number of rotatable bonds is 21. The summed E-state index contributed by atoms with van der Waals surface area (Å²) in [5.41, 5.74) is 10.3. The topological polar surface area (TPSA) is 293 Å². The number of nitrogens with zero attached hydrogens (tertiary/aromatic N) is 19. The molecule has 0 saturated heterocycles. The number of fused-ring (bicyclic) bond motifs is 9. The predicted octanol–water partition coefficient (Wildman–Crippen LogP) is 17.0. The second-order valence-corrected chi connectivity index (χ2v) is 37.3. The van der Waals surface area contributed by atoms with Gasteiger partial charge in [0, 0.05) is 105 Å². The minimum absolute atomic E-state index is 0.0489. The minimum Gasteiger partial charge on any atom is -0.330 e. The Morgan fingerprint density at radius 3 is 1.16 bits per heavy atom. The van der Waals surface area contributed by atoms with Gasteiger partial charge in [0.15, 0.2) is 5.82 Å². The molecular weight excluding hydrogens is 1880 g/mol. The van der Waals surface area contributed by atoms with Crippen LogP contribution >= 0.6 is 59.4 Å². The lowest BCUT2D eigenvalue weighted by atomic mass is 9.95. The molecule has 0 fully saturated rings. The lowest BCUT2D eigenvalue weighted by molar-refractivity contribution is -0.139. The average Bonchev–Trinajstić information content (AvgIpc) is 1.67. The van der Waals surface area contributed by atoms with Crippen LogP contribution in [-0.4, -0.2) is 139 Å². The molecule has 3 aliphatic heterocycles. The van der Waals surface area contributed by atoms with Crippen LogP contribution in [0.1, 0.15) is 165 Å². The number of amides is 3. The molecule has 0 saturated carbocycles. The molecule has 5 atom stereocenters. The van der Waals surface area contributed by atoms with E-state index in [1.165, 1.54) is 34.1 Å². The number of hydrogen-bond acceptors (Lipinski definition) is 15. The first kappa shape index (κ1) is 87.4. The summed E-state index contributed by atoms with van der Waals surface area (Å²) < 4.78 is 97.8. The molecule has 0 bridgehead atoms. The van der Waals surface area contributed by atoms with Crippen LogP contribution in [0.15, 0.2) is 180 Å². The highest BCUT2D eigenvalue weighted by molar-refractivity contribution is 9.11. The summed E-state index contributed by atoms with van der Waals surface area (Å²) >= 11 is 15.9. The van der Waals surface area contributed by atoms with Crippen molar-refractivity contribution in [3.05, 3.63) is 291 Å². The summed E-state index contributed by atoms with van der Waals surface area (Å²) in [7, 11) is 1.82. The highest BCUT2D eigenvalue weighted by atomic mass is 79.9. The highest BCUT2D eigenvalue weighted by Gasteiger charge is 2.41. The molecule has 3 amide bonds. The zero-order valence-corrected chi connectivity index (χ0v) is 76.3. The molecule has 2 N–H and O–H groups in total. The Bertz CT molecular complexity index is 7190. The molecular formula is C92H83Br3ClF6N21O6. The van der Waals surface area contributed by atoms with Crippen LogP contribution in [0.3, 0.4) is 0 Å². The van der Waals surface area contributed by atoms with Gasteiger partial charge in [-0.25, -0.2) is 13.5 Å². The third-order valence-corrected chi connectivity index (χ3v) is 27.6. The van der Waals surface area contributed by atoms with Crippen molar-refractivity contribution in [2.24, 2.45) is 24.8 Å². The van der Waals surface area contributed by atoms with Gasteiger partial charge in [0.2, 0.25) is 0 Å². The molecule has 27 nitrogen and oxygen atoms in total. The van der Waals surface area contributed by atoms with Gasteiger partial charge in [-0.15, -0.1) is 20.4 Å². The Morgan fingerprint density at radius 1 is 0.473 bits per heavy atom. The number of aromatic nitrogens is 18. The molecule has 15 aromatic rings. The molecule has 6 aromatic carbocycles. The van der Waals surface area contributed by atoms with Gasteiger partial charge < -0.3 is 19.3 Å². The fraction of sp³-hybridized carbons (Fsp3) is 0.315. The maximum absolute atomic E-state index is 15.7. The molecule has 662 valence electrons. The Balaban J connectivity index is 0.618. The van der Waals surface area contributed by atoms with Crippen LogP contribution < -0.4 is 16.7 Å². The zero-order valence-electron chi connectivity index (χ0n) is 70.8. The third-order valence-electron chi connectivity index (χ3n) is 25.0. The molecule has 37 heteroatoms. The minimum atomic E-state index is -4.76. The maximum atomic E-state index is 15.7. The molecule has 18 rings (SSSR count). The number of carbonyl (C=O) groups is 3. The molecule has 0 spiro atoms. The number of benzene rings is 6. The van der Waals surface area contributed by atoms with Gasteiger partial charge in [-0.1, -0.05) is 106 Å². The molecule has 12 heterocycles. The molecule has 5 unspecified atom stereocenters. The van der Waals surface area contributed by atoms with Crippen molar-refractivity contribution in [2.75, 3.05) is 0 Å². The van der Waals surface area contributed by atoms with Gasteiger partial charge in [-0.2, -0.15) is 41.6 Å². The van der Waals surface area contributed by atoms with Crippen LogP contribution in [0.2, 0.25) is 5.02 Å². The normalized spacial score (nSPS) is 15.9. The average molecular weight is 1970 g/mol. The largest absolute Gasteiger partial charge is 0.417 e. The van der Waals surface area contributed by atoms with Crippen molar-refractivity contribution >= 4 is 94.1 Å². The summed E-state index contributed by atoms with van der Waals surface area (Å²) in [5.74, 6) is -0.845. The van der Waals surface area contributed by atoms with E-state index in [2.05, 4.69) is 117 Å². The lowest BCUT2D eigenvalue weighted by Gasteiger charge is -2.35. The second-order valence-electron chi connectivity index (χ2n) is 34.4. The van der Waals surface area contributed by atoms with E-state index in [4.69, 9.17) is 26.9 Å². The summed E-state index contributed by atoms with van der Waals surface area (Å²) in [6.07, 6.45) is 1.24. The van der Waals surface area contributed by atoms with E-state index in [9.17, 15) is 40.7 Å². The number of hydrogen-bond donors (Lipinski definition) is 2. The molecule has 3 aliphatic rings. The SMILES string of the molecule is CC(C)Cc1cnn2c3c(c(=O)n(-c4ccc(-c5[nH]nnc5CCC(C)Cc5cnn6c7c(c(=O)n(-c8ccc(-c9[nH]nnc9CCC(C)Cc9cnn%10c%11c(c(=O)n(-c%12ccc(-c%13nncn%13C)cc%12)c9%10)CC(C)N(C(=O)c9ccc(Br)c(C(F)(F)F)c9)C%11)cc8)c56)CC(C)N(C(=O)c5ccc(Br)c(C(F)(F)F)c5)C7)cc4)c12)CC(C)N(C(=O)c1ccc(Br)c(Cl)c1)C3. The van der Waals surface area contributed by atoms with Crippen LogP contribution in [0, 0.1) is 17.8 Å². The van der Waals surface area contributed by atoms with Crippen LogP contribution in [0.5, 0.6) is 0 Å². The van der Waals surface area contributed by atoms with Crippen LogP contribution in [0.25, 0.3) is 67.9 Å². The second kappa shape index (κ2) is 34.3. The predicted molar refractivity (Wildman–Crippen MR) is 481 cm³/mol. The van der Waals surface area contributed by atoms with Gasteiger partial charge in [0.05, 0.1) is 111 Å². The smallest absolute Gasteiger partial charge is 0.330 e. The van der Waals surface area contributed by atoms with E-state index in [0.29, 0.717) is 173 Å². The summed E-state index contributed by atoms with van der Waals surface area (Å²) in [6.45, 7) is 13.7. The monoisotopic (exact) mass is 1960 g/mol. The number of nitrogens with one attached hydrogen (secondary N) is 2. The molecule has 0 aliphatic carbocycles. The van der Waals surface area contributed by atoms with E-state index < -0.39 is 47.4 Å². The number of H-pyrrole nitrogens is 2. The van der Waals surface area contributed by atoms with E-state index >= 15 is 14.4 Å².